The van der Waals surface area contributed by atoms with E-state index in [0.29, 0.717) is 35.5 Å². The van der Waals surface area contributed by atoms with Gasteiger partial charge in [-0.05, 0) is 358 Å². The molecule has 113 heavy (non-hydrogen) atoms. The van der Waals surface area contributed by atoms with Crippen molar-refractivity contribution in [1.82, 2.24) is 0 Å². The third kappa shape index (κ3) is 24.8. The van der Waals surface area contributed by atoms with Crippen molar-refractivity contribution in [1.29, 1.82) is 0 Å². The molecule has 0 aromatic rings. The Morgan fingerprint density at radius 3 is 0.858 bits per heavy atom. The van der Waals surface area contributed by atoms with Crippen molar-refractivity contribution in [3.05, 3.63) is 0 Å². The van der Waals surface area contributed by atoms with Gasteiger partial charge in [0, 0.05) is 11.8 Å². The van der Waals surface area contributed by atoms with Gasteiger partial charge in [-0.15, -0.1) is 0 Å². The predicted molar refractivity (Wildman–Crippen MR) is 483 cm³/mol. The van der Waals surface area contributed by atoms with E-state index < -0.39 is 0 Å². The van der Waals surface area contributed by atoms with Gasteiger partial charge in [-0.2, -0.15) is 0 Å². The van der Waals surface area contributed by atoms with Crippen LogP contribution in [0.25, 0.3) is 0 Å². The highest BCUT2D eigenvalue weighted by molar-refractivity contribution is 5.78. The van der Waals surface area contributed by atoms with Gasteiger partial charge < -0.3 is 28.4 Å². The highest BCUT2D eigenvalue weighted by Gasteiger charge is 2.63. The minimum atomic E-state index is -0.333. The Labute approximate surface area is 704 Å². The van der Waals surface area contributed by atoms with Crippen LogP contribution in [0.4, 0.5) is 0 Å². The lowest BCUT2D eigenvalue weighted by atomic mass is 9.73. The lowest BCUT2D eigenvalue weighted by molar-refractivity contribution is -0.178. The van der Waals surface area contributed by atoms with E-state index in [1.54, 1.807) is 0 Å². The predicted octanol–water partition coefficient (Wildman–Crippen LogP) is 29.8. The molecule has 14 aliphatic carbocycles. The number of hydrogen-bond donors (Lipinski definition) is 0. The molecule has 0 N–H and O–H groups in total. The first-order valence-electron chi connectivity index (χ1n) is 42.8. The third-order valence-corrected chi connectivity index (χ3v) is 32.0. The van der Waals surface area contributed by atoms with E-state index in [1.165, 1.54) is 128 Å². The Bertz CT molecular complexity index is 2840. The SMILES string of the molecule is C.C.C.C.C.C.C.C.C.C.C.C.CCC(C)(C)C(=O)OC1(C)CC2CC1C1CCCC21.CCC(C)(C)C(=O)OC1(C)CC2CCC1C2.CCC(C)(C)C(=O)OC1(CC)CC2CCC1C2.CCC(C)C(=O)OC1(C)CC2CC1C1CCCC21.CCC(C)C(=O)OC1(C)CC2CCC1C2.CCC(C)C(=O)OC1(CC)CC2CCC1C2. The van der Waals surface area contributed by atoms with Crippen molar-refractivity contribution in [2.45, 2.75) is 486 Å². The molecule has 0 radical (unpaired) electrons. The zero-order valence-corrected chi connectivity index (χ0v) is 68.4. The lowest BCUT2D eigenvalue weighted by Gasteiger charge is -2.41. The largest absolute Gasteiger partial charge is 0.459 e. The van der Waals surface area contributed by atoms with Gasteiger partial charge in [-0.1, -0.05) is 178 Å². The van der Waals surface area contributed by atoms with Gasteiger partial charge in [0.05, 0.1) is 34.0 Å². The topological polar surface area (TPSA) is 158 Å². The first-order chi connectivity index (χ1) is 47.4. The molecule has 0 aromatic heterocycles. The van der Waals surface area contributed by atoms with Crippen LogP contribution in [0.2, 0.25) is 0 Å². The third-order valence-electron chi connectivity index (χ3n) is 32.0. The standard InChI is InChI=1S/C17H28O2.C16H26O2.C15H26O2.2C14H24O2.C13H22O2.12CH4/c1-5-16(2,3)15(18)19-17(4)10-11-9-14(17)13-8-6-7-12(11)13;1-4-10(2)15(17)18-16(3)9-11-8-14(16)13-7-5-6-12(11)13;1-5-14(3,4)13(16)17-15(6-2)10-11-7-8-12(15)9-11;1-5-13(2,3)12(15)16-14(4)9-10-6-7-11(14)8-10;1-4-10(3)13(15)16-14(5-2)9-11-6-7-12(14)8-11;1-4-9(2)12(14)15-13(3)8-10-5-6-11(13)7-10;;;;;;;;;;;;/h11-14H,5-10H2,1-4H3;10-14H,4-9H2,1-3H3;11-12H,5-10H2,1-4H3;10-11H,5-9H2,1-4H3;10-12H,4-9H2,1-3H3;9-11H,4-8H2,1-3H3;12*1H4. The fourth-order valence-electron chi connectivity index (χ4n) is 23.3. The Hall–Kier alpha value is -3.18. The highest BCUT2D eigenvalue weighted by atomic mass is 16.6. The summed E-state index contributed by atoms with van der Waals surface area (Å²) in [7, 11) is 0. The van der Waals surface area contributed by atoms with Crippen LogP contribution in [0, 0.1) is 129 Å². The summed E-state index contributed by atoms with van der Waals surface area (Å²) in [6, 6.07) is 0. The molecule has 12 bridgehead atoms. The number of rotatable bonds is 20. The molecule has 14 fully saturated rings. The van der Waals surface area contributed by atoms with E-state index in [-0.39, 0.29) is 193 Å². The first-order valence-corrected chi connectivity index (χ1v) is 42.8. The van der Waals surface area contributed by atoms with Gasteiger partial charge in [-0.3, -0.25) is 28.8 Å². The summed E-state index contributed by atoms with van der Waals surface area (Å²) in [5.41, 5.74) is -1.81. The molecule has 14 aliphatic rings. The van der Waals surface area contributed by atoms with Crippen LogP contribution in [0.5, 0.6) is 0 Å². The Morgan fingerprint density at radius 1 is 0.310 bits per heavy atom. The fraction of sp³-hybridized carbons (Fsp3) is 0.941. The van der Waals surface area contributed by atoms with E-state index in [0.717, 1.165) is 149 Å². The molecule has 25 atom stereocenters. The van der Waals surface area contributed by atoms with Crippen molar-refractivity contribution < 1.29 is 57.2 Å². The minimum absolute atomic E-state index is 0. The molecular weight excluding hydrogens is 1410 g/mol. The summed E-state index contributed by atoms with van der Waals surface area (Å²) in [5.74, 6) is 12.7. The number of hydrogen-bond acceptors (Lipinski definition) is 12. The molecule has 0 aliphatic heterocycles. The zero-order valence-electron chi connectivity index (χ0n) is 68.4. The van der Waals surface area contributed by atoms with Crippen LogP contribution in [-0.2, 0) is 57.2 Å². The normalized spacial score (nSPS) is 36.6. The second kappa shape index (κ2) is 46.0. The maximum Gasteiger partial charge on any atom is 0.312 e. The number of esters is 6. The molecule has 674 valence electrons. The maximum absolute atomic E-state index is 12.4. The Balaban J connectivity index is -0.000000619. The second-order valence-electron chi connectivity index (χ2n) is 39.6. The van der Waals surface area contributed by atoms with Crippen LogP contribution in [0.15, 0.2) is 0 Å². The minimum Gasteiger partial charge on any atom is -0.459 e. The summed E-state index contributed by atoms with van der Waals surface area (Å²) in [6.07, 6.45) is 40.4. The van der Waals surface area contributed by atoms with Crippen LogP contribution in [0.3, 0.4) is 0 Å². The van der Waals surface area contributed by atoms with Crippen molar-refractivity contribution >= 4 is 35.8 Å². The fourth-order valence-corrected chi connectivity index (χ4v) is 23.3. The molecule has 12 heteroatoms. The molecule has 25 unspecified atom stereocenters. The highest BCUT2D eigenvalue weighted by Crippen LogP contribution is 2.66. The maximum atomic E-state index is 12.4. The summed E-state index contributed by atoms with van der Waals surface area (Å²) in [6.45, 7) is 43.2. The van der Waals surface area contributed by atoms with Crippen LogP contribution < -0.4 is 0 Å². The number of ether oxygens (including phenoxy) is 6. The molecule has 0 heterocycles. The molecule has 0 spiro atoms. The second-order valence-corrected chi connectivity index (χ2v) is 39.6. The average molecular weight is 1600 g/mol. The quantitative estimate of drug-likeness (QED) is 0.0840. The summed E-state index contributed by atoms with van der Waals surface area (Å²) < 4.78 is 35.5. The van der Waals surface area contributed by atoms with E-state index >= 15 is 0 Å². The van der Waals surface area contributed by atoms with Crippen molar-refractivity contribution in [2.24, 2.45) is 129 Å². The van der Waals surface area contributed by atoms with E-state index in [1.807, 2.05) is 83.1 Å². The number of fused-ring (bicyclic) bond motifs is 18. The summed E-state index contributed by atoms with van der Waals surface area (Å²) in [5, 5.41) is 0. The Morgan fingerprint density at radius 2 is 0.575 bits per heavy atom. The van der Waals surface area contributed by atoms with Gasteiger partial charge in [0.15, 0.2) is 0 Å². The zero-order chi connectivity index (χ0) is 74.2. The first kappa shape index (κ1) is 116. The van der Waals surface area contributed by atoms with Crippen molar-refractivity contribution in [3.8, 4) is 0 Å². The van der Waals surface area contributed by atoms with Gasteiger partial charge >= 0.3 is 35.8 Å². The Kier molecular flexibility index (Phi) is 47.3. The molecule has 12 nitrogen and oxygen atoms in total. The monoisotopic (exact) mass is 1600 g/mol. The van der Waals surface area contributed by atoms with Crippen molar-refractivity contribution in [2.75, 3.05) is 0 Å². The molecule has 0 saturated heterocycles. The van der Waals surface area contributed by atoms with E-state index in [2.05, 4.69) is 62.3 Å². The number of carbonyl (C=O) groups excluding carboxylic acids is 6. The van der Waals surface area contributed by atoms with Gasteiger partial charge in [0.2, 0.25) is 0 Å². The van der Waals surface area contributed by atoms with Gasteiger partial charge in [-0.25, -0.2) is 0 Å². The van der Waals surface area contributed by atoms with Gasteiger partial charge in [0.1, 0.15) is 33.6 Å². The van der Waals surface area contributed by atoms with Crippen LogP contribution >= 0.6 is 0 Å². The molecule has 14 rings (SSSR count). The van der Waals surface area contributed by atoms with Crippen molar-refractivity contribution in [3.63, 3.8) is 0 Å². The smallest absolute Gasteiger partial charge is 0.312 e. The van der Waals surface area contributed by atoms with E-state index in [9.17, 15) is 28.8 Å². The molecule has 0 amide bonds. The summed E-state index contributed by atoms with van der Waals surface area (Å²) >= 11 is 0. The molecule has 0 aromatic carbocycles. The van der Waals surface area contributed by atoms with Gasteiger partial charge in [0.25, 0.3) is 0 Å². The van der Waals surface area contributed by atoms with Crippen LogP contribution in [0.1, 0.15) is 453 Å². The van der Waals surface area contributed by atoms with Crippen LogP contribution in [-0.4, -0.2) is 69.4 Å². The molecular formula is C101H198O12. The number of carbonyl (C=O) groups is 6. The summed E-state index contributed by atoms with van der Waals surface area (Å²) in [4.78, 5) is 72.6. The average Bonchev–Trinajstić information content (AvgIpc) is 1.57. The van der Waals surface area contributed by atoms with E-state index in [4.69, 9.17) is 28.4 Å². The molecule has 14 saturated carbocycles. The lowest BCUT2D eigenvalue weighted by Crippen LogP contribution is -2.45.